The third-order valence-corrected chi connectivity index (χ3v) is 9.85. The van der Waals surface area contributed by atoms with E-state index in [1.165, 1.54) is 22.8 Å². The molecule has 2 bridgehead atoms. The number of amides is 1. The Morgan fingerprint density at radius 3 is 2.56 bits per heavy atom. The van der Waals surface area contributed by atoms with Crippen LogP contribution < -0.4 is 20.0 Å². The Bertz CT molecular complexity index is 2120. The predicted molar refractivity (Wildman–Crippen MR) is 179 cm³/mol. The lowest BCUT2D eigenvalue weighted by Gasteiger charge is -2.40. The number of piperazine rings is 1. The van der Waals surface area contributed by atoms with Gasteiger partial charge in [0.1, 0.15) is 17.3 Å². The van der Waals surface area contributed by atoms with Crippen LogP contribution in [0.4, 0.5) is 20.3 Å². The number of nitrogens with zero attached hydrogens (tertiary/aromatic N) is 7. The molecule has 0 saturated carbocycles. The van der Waals surface area contributed by atoms with E-state index in [0.717, 1.165) is 22.0 Å². The van der Waals surface area contributed by atoms with Crippen LogP contribution in [-0.4, -0.2) is 71.0 Å². The fourth-order valence-corrected chi connectivity index (χ4v) is 7.42. The number of rotatable bonds is 4. The zero-order chi connectivity index (χ0) is 34.5. The molecule has 0 unspecified atom stereocenters. The van der Waals surface area contributed by atoms with Crippen molar-refractivity contribution in [2.45, 2.75) is 52.0 Å². The molecule has 0 aliphatic carbocycles. The Hall–Kier alpha value is -4.76. The zero-order valence-electron chi connectivity index (χ0n) is 26.9. The number of pyridine rings is 2. The summed E-state index contributed by atoms with van der Waals surface area (Å²) >= 11 is 0. The lowest BCUT2D eigenvalue weighted by atomic mass is 10.00. The summed E-state index contributed by atoms with van der Waals surface area (Å²) in [5.74, 6) is -2.11. The summed E-state index contributed by atoms with van der Waals surface area (Å²) in [6.07, 6.45) is 4.10. The van der Waals surface area contributed by atoms with Crippen molar-refractivity contribution in [2.75, 3.05) is 35.4 Å². The zero-order valence-corrected chi connectivity index (χ0v) is 27.7. The van der Waals surface area contributed by atoms with Gasteiger partial charge in [-0.05, 0) is 68.0 Å². The molecule has 2 aliphatic rings. The molecule has 12 nitrogen and oxygen atoms in total. The second-order valence-corrected chi connectivity index (χ2v) is 13.8. The van der Waals surface area contributed by atoms with Crippen molar-refractivity contribution in [1.29, 1.82) is 0 Å². The monoisotopic (exact) mass is 678 g/mol. The highest BCUT2D eigenvalue weighted by atomic mass is 32.2. The number of fused-ring (bicyclic) bond motifs is 5. The minimum absolute atomic E-state index is 0.00930. The van der Waals surface area contributed by atoms with Crippen molar-refractivity contribution in [1.82, 2.24) is 24.4 Å². The van der Waals surface area contributed by atoms with E-state index < -0.39 is 38.8 Å². The van der Waals surface area contributed by atoms with Gasteiger partial charge in [0.05, 0.1) is 28.0 Å². The molecular formula is C33H36F2N8O4S. The molecule has 1 atom stereocenters. The van der Waals surface area contributed by atoms with E-state index in [1.807, 2.05) is 25.7 Å². The minimum atomic E-state index is -4.42. The number of aryl methyl sites for hydroxylation is 1. The first kappa shape index (κ1) is 33.2. The van der Waals surface area contributed by atoms with E-state index >= 15 is 8.78 Å². The second kappa shape index (κ2) is 12.7. The topological polar surface area (TPSA) is 148 Å². The normalized spacial score (nSPS) is 17.1. The highest BCUT2D eigenvalue weighted by Gasteiger charge is 2.32. The van der Waals surface area contributed by atoms with Crippen LogP contribution in [0.1, 0.15) is 50.8 Å². The molecule has 3 aromatic heterocycles. The summed E-state index contributed by atoms with van der Waals surface area (Å²) in [5, 5.41) is 5.80. The Morgan fingerprint density at radius 1 is 1.10 bits per heavy atom. The van der Waals surface area contributed by atoms with Crippen molar-refractivity contribution < 1.29 is 22.0 Å². The van der Waals surface area contributed by atoms with Gasteiger partial charge in [0.2, 0.25) is 5.91 Å². The molecule has 1 fully saturated rings. The average Bonchev–Trinajstić information content (AvgIpc) is 3.04. The summed E-state index contributed by atoms with van der Waals surface area (Å²) in [4.78, 5) is 43.9. The van der Waals surface area contributed by atoms with Crippen molar-refractivity contribution in [2.24, 2.45) is 5.14 Å². The SMILES string of the molecule is C=CC(=O)N1CCN(c2nc(=O)n3c4nc(c(F)cc24)-c2c(F)cccc2N(S(N)(=O)=O)CCCCc2ccnc(C(C)C)c2-3)[C@@H](C)C1. The summed E-state index contributed by atoms with van der Waals surface area (Å²) in [5.41, 5.74) is -0.0512. The lowest BCUT2D eigenvalue weighted by Crippen LogP contribution is -2.54. The summed E-state index contributed by atoms with van der Waals surface area (Å²) < 4.78 is 60.2. The fraction of sp³-hybridized carbons (Fsp3) is 0.364. The number of hydrogen-bond acceptors (Lipinski definition) is 8. The molecule has 1 saturated heterocycles. The maximum absolute atomic E-state index is 16.5. The van der Waals surface area contributed by atoms with Crippen LogP contribution in [0.2, 0.25) is 0 Å². The van der Waals surface area contributed by atoms with Crippen LogP contribution in [0.5, 0.6) is 0 Å². The van der Waals surface area contributed by atoms with Gasteiger partial charge in [-0.2, -0.15) is 13.4 Å². The van der Waals surface area contributed by atoms with E-state index in [1.54, 1.807) is 17.2 Å². The van der Waals surface area contributed by atoms with Gasteiger partial charge in [-0.15, -0.1) is 0 Å². The van der Waals surface area contributed by atoms with Gasteiger partial charge >= 0.3 is 5.69 Å². The van der Waals surface area contributed by atoms with E-state index in [2.05, 4.69) is 21.5 Å². The van der Waals surface area contributed by atoms with Crippen LogP contribution in [0.3, 0.4) is 0 Å². The summed E-state index contributed by atoms with van der Waals surface area (Å²) in [6, 6.07) is 6.34. The number of benzene rings is 1. The number of halogens is 2. The quantitative estimate of drug-likeness (QED) is 0.321. The van der Waals surface area contributed by atoms with Crippen LogP contribution in [0.25, 0.3) is 28.0 Å². The Labute approximate surface area is 276 Å². The highest BCUT2D eigenvalue weighted by Crippen LogP contribution is 2.39. The van der Waals surface area contributed by atoms with Crippen LogP contribution in [0.15, 0.2) is 54.0 Å². The summed E-state index contributed by atoms with van der Waals surface area (Å²) in [6.45, 7) is 10.1. The first-order valence-electron chi connectivity index (χ1n) is 15.7. The first-order valence-corrected chi connectivity index (χ1v) is 17.2. The predicted octanol–water partition coefficient (Wildman–Crippen LogP) is 3.81. The van der Waals surface area contributed by atoms with Crippen molar-refractivity contribution in [3.8, 4) is 16.9 Å². The van der Waals surface area contributed by atoms with Crippen LogP contribution in [-0.2, 0) is 21.4 Å². The number of aromatic nitrogens is 4. The van der Waals surface area contributed by atoms with Crippen molar-refractivity contribution in [3.63, 3.8) is 0 Å². The van der Waals surface area contributed by atoms with Gasteiger partial charge < -0.3 is 9.80 Å². The average molecular weight is 679 g/mol. The van der Waals surface area contributed by atoms with E-state index in [-0.39, 0.29) is 53.5 Å². The fourth-order valence-electron chi connectivity index (χ4n) is 6.61. The first-order chi connectivity index (χ1) is 22.8. The van der Waals surface area contributed by atoms with E-state index in [4.69, 9.17) is 5.14 Å². The number of anilines is 2. The molecule has 252 valence electrons. The minimum Gasteiger partial charge on any atom is -0.350 e. The van der Waals surface area contributed by atoms with Crippen LogP contribution >= 0.6 is 0 Å². The molecule has 4 aromatic rings. The molecule has 6 rings (SSSR count). The second-order valence-electron chi connectivity index (χ2n) is 12.3. The molecule has 0 radical (unpaired) electrons. The van der Waals surface area contributed by atoms with Gasteiger partial charge in [-0.1, -0.05) is 26.5 Å². The molecular weight excluding hydrogens is 642 g/mol. The molecule has 48 heavy (non-hydrogen) atoms. The molecule has 2 N–H and O–H groups in total. The van der Waals surface area contributed by atoms with E-state index in [9.17, 15) is 18.0 Å². The maximum Gasteiger partial charge on any atom is 0.355 e. The third kappa shape index (κ3) is 5.81. The smallest absolute Gasteiger partial charge is 0.350 e. The largest absolute Gasteiger partial charge is 0.355 e. The van der Waals surface area contributed by atoms with Gasteiger partial charge in [0.25, 0.3) is 10.2 Å². The third-order valence-electron chi connectivity index (χ3n) is 8.86. The Balaban J connectivity index is 1.72. The molecule has 0 spiro atoms. The van der Waals surface area contributed by atoms with Gasteiger partial charge in [0.15, 0.2) is 11.5 Å². The molecule has 15 heteroatoms. The molecule has 1 aromatic carbocycles. The lowest BCUT2D eigenvalue weighted by molar-refractivity contribution is -0.126. The van der Waals surface area contributed by atoms with Crippen molar-refractivity contribution >= 4 is 38.7 Å². The Morgan fingerprint density at radius 2 is 1.88 bits per heavy atom. The number of nitrogens with two attached hydrogens (primary N) is 1. The van der Waals surface area contributed by atoms with Crippen LogP contribution in [0, 0.1) is 11.6 Å². The van der Waals surface area contributed by atoms with Gasteiger partial charge in [-0.25, -0.2) is 28.3 Å². The molecule has 1 amide bonds. The van der Waals surface area contributed by atoms with Gasteiger partial charge in [0, 0.05) is 38.4 Å². The molecule has 2 aliphatic heterocycles. The summed E-state index contributed by atoms with van der Waals surface area (Å²) in [7, 11) is -4.42. The standard InChI is InChI=1S/C33H36F2N8O4S/c1-5-26(44)40-15-16-41(20(4)18-40)31-22-17-24(35)29-27-23(34)10-8-11-25(27)42(48(36,46)47)14-7-6-9-21-12-13-37-28(19(2)3)30(21)43(32(22)38-29)33(45)39-31/h5,8,10-13,17,19-20H,1,6-7,9,14-16,18H2,2-4H3,(H2,36,46,47)/t20-/m0/s1. The number of carbonyl (C=O) groups is 1. The Kier molecular flexibility index (Phi) is 8.76. The number of carbonyl (C=O) groups excluding carboxylic acids is 1. The van der Waals surface area contributed by atoms with E-state index in [0.29, 0.717) is 43.7 Å². The van der Waals surface area contributed by atoms with Gasteiger partial charge in [-0.3, -0.25) is 14.1 Å². The number of hydrogen-bond donors (Lipinski definition) is 1. The maximum atomic E-state index is 16.5. The molecule has 5 heterocycles. The highest BCUT2D eigenvalue weighted by molar-refractivity contribution is 7.90. The van der Waals surface area contributed by atoms with Crippen molar-refractivity contribution in [3.05, 3.63) is 82.6 Å².